The summed E-state index contributed by atoms with van der Waals surface area (Å²) in [5, 5.41) is 3.33. The molecule has 1 atom stereocenters. The van der Waals surface area contributed by atoms with Crippen molar-refractivity contribution in [3.05, 3.63) is 11.6 Å². The zero-order chi connectivity index (χ0) is 9.80. The highest BCUT2D eigenvalue weighted by molar-refractivity contribution is 5.99. The Kier molecular flexibility index (Phi) is 3.35. The molecule has 0 aromatic rings. The van der Waals surface area contributed by atoms with Gasteiger partial charge in [0.1, 0.15) is 0 Å². The van der Waals surface area contributed by atoms with Crippen LogP contribution in [0.3, 0.4) is 0 Å². The Hall–Kier alpha value is -0.630. The summed E-state index contributed by atoms with van der Waals surface area (Å²) in [4.78, 5) is 12.0. The van der Waals surface area contributed by atoms with E-state index in [-0.39, 0.29) is 6.04 Å². The topological polar surface area (TPSA) is 29.1 Å². The molecule has 2 aliphatic rings. The van der Waals surface area contributed by atoms with Crippen LogP contribution in [0.1, 0.15) is 44.9 Å². The standard InChI is InChI=1S/C12H19NO/c14-12(10-6-2-1-3-7-10)11-8-4-5-9-13-11/h6,11,13H,1-5,7-9H2. The Morgan fingerprint density at radius 2 is 2.21 bits per heavy atom. The van der Waals surface area contributed by atoms with Gasteiger partial charge in [0.2, 0.25) is 0 Å². The average Bonchev–Trinajstić information content (AvgIpc) is 2.30. The van der Waals surface area contributed by atoms with Gasteiger partial charge >= 0.3 is 0 Å². The lowest BCUT2D eigenvalue weighted by molar-refractivity contribution is -0.118. The van der Waals surface area contributed by atoms with Gasteiger partial charge in [0.15, 0.2) is 5.78 Å². The van der Waals surface area contributed by atoms with Crippen LogP contribution in [-0.2, 0) is 4.79 Å². The van der Waals surface area contributed by atoms with Gasteiger partial charge in [-0.05, 0) is 50.6 Å². The van der Waals surface area contributed by atoms with E-state index in [2.05, 4.69) is 11.4 Å². The maximum Gasteiger partial charge on any atom is 0.175 e. The largest absolute Gasteiger partial charge is 0.307 e. The van der Waals surface area contributed by atoms with Gasteiger partial charge in [-0.25, -0.2) is 0 Å². The molecular formula is C12H19NO. The lowest BCUT2D eigenvalue weighted by Gasteiger charge is -2.24. The molecular weight excluding hydrogens is 174 g/mol. The molecule has 0 spiro atoms. The molecule has 1 N–H and O–H groups in total. The number of piperidine rings is 1. The van der Waals surface area contributed by atoms with Crippen LogP contribution in [-0.4, -0.2) is 18.4 Å². The van der Waals surface area contributed by atoms with Crippen molar-refractivity contribution in [3.63, 3.8) is 0 Å². The van der Waals surface area contributed by atoms with Crippen LogP contribution in [0.15, 0.2) is 11.6 Å². The smallest absolute Gasteiger partial charge is 0.175 e. The molecule has 1 unspecified atom stereocenters. The Balaban J connectivity index is 1.95. The lowest BCUT2D eigenvalue weighted by Crippen LogP contribution is -2.41. The first kappa shape index (κ1) is 9.91. The molecule has 0 bridgehead atoms. The second-order valence-corrected chi connectivity index (χ2v) is 4.34. The van der Waals surface area contributed by atoms with Gasteiger partial charge in [0, 0.05) is 0 Å². The Morgan fingerprint density at radius 1 is 1.29 bits per heavy atom. The number of allylic oxidation sites excluding steroid dienone is 1. The quantitative estimate of drug-likeness (QED) is 0.728. The van der Waals surface area contributed by atoms with E-state index in [9.17, 15) is 4.79 Å². The van der Waals surface area contributed by atoms with Crippen molar-refractivity contribution < 1.29 is 4.79 Å². The number of hydrogen-bond acceptors (Lipinski definition) is 2. The number of nitrogens with one attached hydrogen (secondary N) is 1. The Labute approximate surface area is 85.8 Å². The first-order chi connectivity index (χ1) is 6.88. The summed E-state index contributed by atoms with van der Waals surface area (Å²) in [6.45, 7) is 1.02. The van der Waals surface area contributed by atoms with Crippen molar-refractivity contribution in [3.8, 4) is 0 Å². The lowest BCUT2D eigenvalue weighted by atomic mass is 9.90. The van der Waals surface area contributed by atoms with Crippen LogP contribution in [0.2, 0.25) is 0 Å². The summed E-state index contributed by atoms with van der Waals surface area (Å²) in [5.74, 6) is 0.379. The molecule has 78 valence electrons. The SMILES string of the molecule is O=C(C1=CCCCC1)C1CCCCN1. The van der Waals surface area contributed by atoms with E-state index < -0.39 is 0 Å². The van der Waals surface area contributed by atoms with Crippen LogP contribution in [0.25, 0.3) is 0 Å². The van der Waals surface area contributed by atoms with E-state index in [0.717, 1.165) is 31.4 Å². The van der Waals surface area contributed by atoms with E-state index in [1.807, 2.05) is 0 Å². The van der Waals surface area contributed by atoms with Crippen molar-refractivity contribution >= 4 is 5.78 Å². The third kappa shape index (κ3) is 2.24. The molecule has 1 heterocycles. The minimum absolute atomic E-state index is 0.132. The van der Waals surface area contributed by atoms with Gasteiger partial charge in [0.25, 0.3) is 0 Å². The summed E-state index contributed by atoms with van der Waals surface area (Å²) in [7, 11) is 0. The van der Waals surface area contributed by atoms with Gasteiger partial charge in [-0.15, -0.1) is 0 Å². The van der Waals surface area contributed by atoms with E-state index >= 15 is 0 Å². The predicted molar refractivity (Wildman–Crippen MR) is 57.2 cm³/mol. The summed E-state index contributed by atoms with van der Waals surface area (Å²) in [6, 6.07) is 0.132. The molecule has 1 aliphatic heterocycles. The van der Waals surface area contributed by atoms with Crippen molar-refractivity contribution in [1.82, 2.24) is 5.32 Å². The van der Waals surface area contributed by atoms with Gasteiger partial charge in [-0.1, -0.05) is 12.5 Å². The molecule has 0 aromatic carbocycles. The maximum absolute atomic E-state index is 12.0. The maximum atomic E-state index is 12.0. The number of hydrogen-bond donors (Lipinski definition) is 1. The number of carbonyl (C=O) groups excluding carboxylic acids is 1. The highest BCUT2D eigenvalue weighted by atomic mass is 16.1. The van der Waals surface area contributed by atoms with Crippen LogP contribution in [0, 0.1) is 0 Å². The molecule has 0 aromatic heterocycles. The Bertz CT molecular complexity index is 239. The fourth-order valence-corrected chi connectivity index (χ4v) is 2.36. The van der Waals surface area contributed by atoms with E-state index in [4.69, 9.17) is 0 Å². The number of rotatable bonds is 2. The first-order valence-corrected chi connectivity index (χ1v) is 5.84. The fraction of sp³-hybridized carbons (Fsp3) is 0.750. The fourth-order valence-electron chi connectivity index (χ4n) is 2.36. The van der Waals surface area contributed by atoms with E-state index in [1.54, 1.807) is 0 Å². The van der Waals surface area contributed by atoms with Crippen LogP contribution < -0.4 is 5.32 Å². The molecule has 2 nitrogen and oxygen atoms in total. The first-order valence-electron chi connectivity index (χ1n) is 5.84. The van der Waals surface area contributed by atoms with Crippen LogP contribution in [0.5, 0.6) is 0 Å². The monoisotopic (exact) mass is 193 g/mol. The second-order valence-electron chi connectivity index (χ2n) is 4.34. The van der Waals surface area contributed by atoms with E-state index in [1.165, 1.54) is 25.7 Å². The van der Waals surface area contributed by atoms with Crippen molar-refractivity contribution in [2.75, 3.05) is 6.54 Å². The summed E-state index contributed by atoms with van der Waals surface area (Å²) >= 11 is 0. The molecule has 1 fully saturated rings. The van der Waals surface area contributed by atoms with Gasteiger partial charge < -0.3 is 5.32 Å². The van der Waals surface area contributed by atoms with Crippen molar-refractivity contribution in [1.29, 1.82) is 0 Å². The summed E-state index contributed by atoms with van der Waals surface area (Å²) in [6.07, 6.45) is 10.2. The molecule has 1 saturated heterocycles. The highest BCUT2D eigenvalue weighted by Gasteiger charge is 2.23. The van der Waals surface area contributed by atoms with Crippen molar-refractivity contribution in [2.24, 2.45) is 0 Å². The van der Waals surface area contributed by atoms with Gasteiger partial charge in [-0.2, -0.15) is 0 Å². The number of Topliss-reactive ketones (excluding diaryl/α,β-unsaturated/α-hetero) is 1. The third-order valence-corrected chi connectivity index (χ3v) is 3.23. The normalized spacial score (nSPS) is 28.3. The van der Waals surface area contributed by atoms with Gasteiger partial charge in [0.05, 0.1) is 6.04 Å². The summed E-state index contributed by atoms with van der Waals surface area (Å²) < 4.78 is 0. The van der Waals surface area contributed by atoms with E-state index in [0.29, 0.717) is 5.78 Å². The Morgan fingerprint density at radius 3 is 2.86 bits per heavy atom. The predicted octanol–water partition coefficient (Wildman–Crippen LogP) is 2.20. The second kappa shape index (κ2) is 4.74. The molecule has 0 radical (unpaired) electrons. The molecule has 2 rings (SSSR count). The zero-order valence-corrected chi connectivity index (χ0v) is 8.72. The minimum atomic E-state index is 0.132. The molecule has 2 heteroatoms. The molecule has 1 aliphatic carbocycles. The van der Waals surface area contributed by atoms with Gasteiger partial charge in [-0.3, -0.25) is 4.79 Å². The summed E-state index contributed by atoms with van der Waals surface area (Å²) in [5.41, 5.74) is 1.09. The van der Waals surface area contributed by atoms with Crippen LogP contribution in [0.4, 0.5) is 0 Å². The molecule has 14 heavy (non-hydrogen) atoms. The average molecular weight is 193 g/mol. The molecule has 0 amide bonds. The van der Waals surface area contributed by atoms with Crippen molar-refractivity contribution in [2.45, 2.75) is 51.0 Å². The van der Waals surface area contributed by atoms with Crippen LogP contribution >= 0.6 is 0 Å². The minimum Gasteiger partial charge on any atom is -0.307 e. The zero-order valence-electron chi connectivity index (χ0n) is 8.72. The number of ketones is 1. The molecule has 0 saturated carbocycles. The number of carbonyl (C=O) groups is 1. The highest BCUT2D eigenvalue weighted by Crippen LogP contribution is 2.21. The third-order valence-electron chi connectivity index (χ3n) is 3.23.